The summed E-state index contributed by atoms with van der Waals surface area (Å²) < 4.78 is 13.4. The summed E-state index contributed by atoms with van der Waals surface area (Å²) in [5, 5.41) is 6.04. The molecule has 0 aliphatic heterocycles. The molecule has 0 saturated carbocycles. The predicted octanol–water partition coefficient (Wildman–Crippen LogP) is 3.95. The summed E-state index contributed by atoms with van der Waals surface area (Å²) in [6.45, 7) is 3.68. The van der Waals surface area contributed by atoms with E-state index in [1.54, 1.807) is 0 Å². The fourth-order valence-electron chi connectivity index (χ4n) is 1.87. The Morgan fingerprint density at radius 3 is 2.76 bits per heavy atom. The average Bonchev–Trinajstić information content (AvgIpc) is 2.48. The average molecular weight is 351 g/mol. The summed E-state index contributed by atoms with van der Waals surface area (Å²) in [5.41, 5.74) is 2.21. The van der Waals surface area contributed by atoms with Crippen molar-refractivity contribution < 1.29 is 9.18 Å². The molecule has 0 radical (unpaired) electrons. The van der Waals surface area contributed by atoms with E-state index in [0.29, 0.717) is 5.56 Å². The van der Waals surface area contributed by atoms with Gasteiger partial charge in [0.05, 0.1) is 4.47 Å². The van der Waals surface area contributed by atoms with Crippen molar-refractivity contribution >= 4 is 27.5 Å². The minimum atomic E-state index is -0.390. The lowest BCUT2D eigenvalue weighted by Crippen LogP contribution is -2.14. The van der Waals surface area contributed by atoms with Crippen molar-refractivity contribution in [3.63, 3.8) is 0 Å². The number of carbonyl (C=O) groups excluding carboxylic acids is 1. The number of benzene rings is 2. The first-order chi connectivity index (χ1) is 10.1. The highest BCUT2D eigenvalue weighted by molar-refractivity contribution is 9.10. The fourth-order valence-corrected chi connectivity index (χ4v) is 2.25. The standard InChI is InChI=1S/C16H16BrFN2O/c1-2-19-10-11-4-3-5-13(8-11)20-16(21)12-6-7-15(18)14(17)9-12/h3-9,19H,2,10H2,1H3,(H,20,21). The zero-order valence-electron chi connectivity index (χ0n) is 11.6. The Morgan fingerprint density at radius 2 is 2.05 bits per heavy atom. The molecule has 2 aromatic rings. The maximum absolute atomic E-state index is 13.2. The van der Waals surface area contributed by atoms with Crippen LogP contribution in [0.1, 0.15) is 22.8 Å². The van der Waals surface area contributed by atoms with E-state index < -0.39 is 0 Å². The van der Waals surface area contributed by atoms with Crippen LogP contribution in [0.15, 0.2) is 46.9 Å². The van der Waals surface area contributed by atoms with E-state index in [2.05, 4.69) is 26.6 Å². The molecule has 110 valence electrons. The highest BCUT2D eigenvalue weighted by Crippen LogP contribution is 2.18. The Hall–Kier alpha value is -1.72. The van der Waals surface area contributed by atoms with E-state index in [-0.39, 0.29) is 16.2 Å². The van der Waals surface area contributed by atoms with Gasteiger partial charge in [-0.25, -0.2) is 4.39 Å². The second kappa shape index (κ2) is 7.33. The molecule has 2 N–H and O–H groups in total. The monoisotopic (exact) mass is 350 g/mol. The minimum absolute atomic E-state index is 0.267. The van der Waals surface area contributed by atoms with Crippen LogP contribution in [-0.2, 0) is 6.54 Å². The third kappa shape index (κ3) is 4.37. The normalized spacial score (nSPS) is 10.4. The number of amides is 1. The van der Waals surface area contributed by atoms with Crippen LogP contribution in [0.3, 0.4) is 0 Å². The first kappa shape index (κ1) is 15.7. The molecule has 0 bridgehead atoms. The Labute approximate surface area is 131 Å². The Balaban J connectivity index is 2.10. The Morgan fingerprint density at radius 1 is 1.24 bits per heavy atom. The number of halogens is 2. The lowest BCUT2D eigenvalue weighted by atomic mass is 10.1. The van der Waals surface area contributed by atoms with E-state index in [1.807, 2.05) is 31.2 Å². The third-order valence-electron chi connectivity index (χ3n) is 2.95. The number of hydrogen-bond acceptors (Lipinski definition) is 2. The van der Waals surface area contributed by atoms with Crippen molar-refractivity contribution in [1.29, 1.82) is 0 Å². The molecule has 0 fully saturated rings. The van der Waals surface area contributed by atoms with E-state index in [0.717, 1.165) is 24.3 Å². The van der Waals surface area contributed by atoms with E-state index >= 15 is 0 Å². The van der Waals surface area contributed by atoms with Gasteiger partial charge in [-0.3, -0.25) is 4.79 Å². The molecule has 2 aromatic carbocycles. The molecule has 0 spiro atoms. The van der Waals surface area contributed by atoms with E-state index in [4.69, 9.17) is 0 Å². The highest BCUT2D eigenvalue weighted by Gasteiger charge is 2.09. The zero-order valence-corrected chi connectivity index (χ0v) is 13.2. The molecule has 0 aromatic heterocycles. The van der Waals surface area contributed by atoms with Crippen LogP contribution >= 0.6 is 15.9 Å². The van der Waals surface area contributed by atoms with Gasteiger partial charge in [0.2, 0.25) is 0 Å². The SMILES string of the molecule is CCNCc1cccc(NC(=O)c2ccc(F)c(Br)c2)c1. The first-order valence-corrected chi connectivity index (χ1v) is 7.45. The van der Waals surface area contributed by atoms with Crippen molar-refractivity contribution in [2.24, 2.45) is 0 Å². The van der Waals surface area contributed by atoms with Crippen molar-refractivity contribution in [3.8, 4) is 0 Å². The van der Waals surface area contributed by atoms with Crippen LogP contribution in [0, 0.1) is 5.82 Å². The molecular weight excluding hydrogens is 335 g/mol. The number of hydrogen-bond donors (Lipinski definition) is 2. The van der Waals surface area contributed by atoms with Crippen molar-refractivity contribution in [3.05, 3.63) is 63.9 Å². The predicted molar refractivity (Wildman–Crippen MR) is 85.9 cm³/mol. The third-order valence-corrected chi connectivity index (χ3v) is 3.55. The number of rotatable bonds is 5. The first-order valence-electron chi connectivity index (χ1n) is 6.66. The van der Waals surface area contributed by atoms with Crippen molar-refractivity contribution in [2.75, 3.05) is 11.9 Å². The lowest BCUT2D eigenvalue weighted by Gasteiger charge is -2.08. The molecule has 0 aliphatic rings. The topological polar surface area (TPSA) is 41.1 Å². The maximum atomic E-state index is 13.2. The minimum Gasteiger partial charge on any atom is -0.322 e. The molecule has 2 rings (SSSR count). The summed E-state index contributed by atoms with van der Waals surface area (Å²) in [5.74, 6) is -0.657. The summed E-state index contributed by atoms with van der Waals surface area (Å²) in [4.78, 5) is 12.1. The number of carbonyl (C=O) groups is 1. The molecule has 3 nitrogen and oxygen atoms in total. The molecule has 0 unspecified atom stereocenters. The van der Waals surface area contributed by atoms with Crippen molar-refractivity contribution in [1.82, 2.24) is 5.32 Å². The largest absolute Gasteiger partial charge is 0.322 e. The Kier molecular flexibility index (Phi) is 5.47. The van der Waals surface area contributed by atoms with Crippen LogP contribution < -0.4 is 10.6 Å². The van der Waals surface area contributed by atoms with E-state index in [9.17, 15) is 9.18 Å². The van der Waals surface area contributed by atoms with Crippen LogP contribution in [0.5, 0.6) is 0 Å². The molecule has 21 heavy (non-hydrogen) atoms. The van der Waals surface area contributed by atoms with Crippen LogP contribution in [0.2, 0.25) is 0 Å². The van der Waals surface area contributed by atoms with Crippen LogP contribution in [0.4, 0.5) is 10.1 Å². The molecule has 5 heteroatoms. The quantitative estimate of drug-likeness (QED) is 0.857. The highest BCUT2D eigenvalue weighted by atomic mass is 79.9. The molecular formula is C16H16BrFN2O. The summed E-state index contributed by atoms with van der Waals surface area (Å²) in [7, 11) is 0. The number of nitrogens with one attached hydrogen (secondary N) is 2. The second-order valence-corrected chi connectivity index (χ2v) is 5.42. The van der Waals surface area contributed by atoms with Gasteiger partial charge in [0, 0.05) is 17.8 Å². The van der Waals surface area contributed by atoms with Gasteiger partial charge in [-0.15, -0.1) is 0 Å². The zero-order chi connectivity index (χ0) is 15.2. The smallest absolute Gasteiger partial charge is 0.255 e. The van der Waals surface area contributed by atoms with E-state index in [1.165, 1.54) is 18.2 Å². The molecule has 0 saturated heterocycles. The summed E-state index contributed by atoms with van der Waals surface area (Å²) in [6.07, 6.45) is 0. The van der Waals surface area contributed by atoms with Gasteiger partial charge < -0.3 is 10.6 Å². The summed E-state index contributed by atoms with van der Waals surface area (Å²) in [6, 6.07) is 11.8. The second-order valence-electron chi connectivity index (χ2n) is 4.56. The van der Waals surface area contributed by atoms with Gasteiger partial charge in [0.1, 0.15) is 5.82 Å². The molecule has 1 amide bonds. The maximum Gasteiger partial charge on any atom is 0.255 e. The van der Waals surface area contributed by atoms with Crippen molar-refractivity contribution in [2.45, 2.75) is 13.5 Å². The molecule has 0 aliphatic carbocycles. The van der Waals surface area contributed by atoms with Gasteiger partial charge in [0.25, 0.3) is 5.91 Å². The Bertz CT molecular complexity index is 646. The fraction of sp³-hybridized carbons (Fsp3) is 0.188. The van der Waals surface area contributed by atoms with Gasteiger partial charge in [-0.2, -0.15) is 0 Å². The lowest BCUT2D eigenvalue weighted by molar-refractivity contribution is 0.102. The molecule has 0 heterocycles. The van der Waals surface area contributed by atoms with Gasteiger partial charge in [0.15, 0.2) is 0 Å². The number of anilines is 1. The van der Waals surface area contributed by atoms with Crippen LogP contribution in [0.25, 0.3) is 0 Å². The van der Waals surface area contributed by atoms with Gasteiger partial charge >= 0.3 is 0 Å². The molecule has 0 atom stereocenters. The summed E-state index contributed by atoms with van der Waals surface area (Å²) >= 11 is 3.08. The van der Waals surface area contributed by atoms with Crippen LogP contribution in [-0.4, -0.2) is 12.5 Å². The van der Waals surface area contributed by atoms with Gasteiger partial charge in [-0.1, -0.05) is 19.1 Å². The van der Waals surface area contributed by atoms with Gasteiger partial charge in [-0.05, 0) is 58.4 Å².